The minimum Gasteiger partial charge on any atom is -0.461 e. The van der Waals surface area contributed by atoms with Gasteiger partial charge in [-0.25, -0.2) is 9.78 Å². The molecule has 0 bridgehead atoms. The lowest BCUT2D eigenvalue weighted by Gasteiger charge is -2.06. The van der Waals surface area contributed by atoms with Crippen LogP contribution >= 0.6 is 0 Å². The first-order valence-electron chi connectivity index (χ1n) is 6.36. The molecule has 0 aliphatic heterocycles. The van der Waals surface area contributed by atoms with Crippen LogP contribution in [0.15, 0.2) is 18.3 Å². The van der Waals surface area contributed by atoms with Gasteiger partial charge in [0.15, 0.2) is 5.69 Å². The van der Waals surface area contributed by atoms with Crippen molar-refractivity contribution < 1.29 is 9.53 Å². The van der Waals surface area contributed by atoms with Gasteiger partial charge in [0.05, 0.1) is 6.61 Å². The second kappa shape index (κ2) is 4.12. The molecule has 3 rings (SSSR count). The van der Waals surface area contributed by atoms with Gasteiger partial charge in [0, 0.05) is 11.9 Å². The number of hydrogen-bond donors (Lipinski definition) is 0. The highest BCUT2D eigenvalue weighted by atomic mass is 16.5. The molecule has 2 heterocycles. The lowest BCUT2D eigenvalue weighted by Crippen LogP contribution is -2.04. The van der Waals surface area contributed by atoms with Crippen LogP contribution in [0.4, 0.5) is 0 Å². The molecule has 1 saturated carbocycles. The van der Waals surface area contributed by atoms with Gasteiger partial charge in [0.1, 0.15) is 5.65 Å². The molecule has 0 unspecified atom stereocenters. The van der Waals surface area contributed by atoms with Crippen LogP contribution in [0.25, 0.3) is 5.65 Å². The zero-order chi connectivity index (χ0) is 12.7. The molecule has 0 spiro atoms. The Labute approximate surface area is 106 Å². The van der Waals surface area contributed by atoms with Gasteiger partial charge in [-0.1, -0.05) is 6.07 Å². The third kappa shape index (κ3) is 1.78. The first-order chi connectivity index (χ1) is 8.70. The fourth-order valence-electron chi connectivity index (χ4n) is 2.33. The van der Waals surface area contributed by atoms with Crippen molar-refractivity contribution in [3.63, 3.8) is 0 Å². The van der Waals surface area contributed by atoms with E-state index < -0.39 is 0 Å². The Morgan fingerprint density at radius 3 is 2.94 bits per heavy atom. The van der Waals surface area contributed by atoms with Crippen LogP contribution in [0.3, 0.4) is 0 Å². The number of imidazole rings is 1. The number of carbonyl (C=O) groups excluding carboxylic acids is 1. The predicted octanol–water partition coefficient (Wildman–Crippen LogP) is 2.70. The summed E-state index contributed by atoms with van der Waals surface area (Å²) in [5.74, 6) is 0.344. The van der Waals surface area contributed by atoms with E-state index in [4.69, 9.17) is 4.74 Å². The second-order valence-corrected chi connectivity index (χ2v) is 4.72. The molecule has 0 saturated heterocycles. The molecule has 0 radical (unpaired) electrons. The van der Waals surface area contributed by atoms with Crippen molar-refractivity contribution in [2.75, 3.05) is 6.61 Å². The third-order valence-corrected chi connectivity index (χ3v) is 3.43. The lowest BCUT2D eigenvalue weighted by atomic mass is 10.1. The number of rotatable bonds is 3. The van der Waals surface area contributed by atoms with Crippen molar-refractivity contribution >= 4 is 11.6 Å². The Hall–Kier alpha value is -1.84. The average molecular weight is 244 g/mol. The number of nitrogens with zero attached hydrogens (tertiary/aromatic N) is 2. The van der Waals surface area contributed by atoms with Gasteiger partial charge in [-0.3, -0.25) is 0 Å². The van der Waals surface area contributed by atoms with Gasteiger partial charge in [-0.05, 0) is 44.2 Å². The van der Waals surface area contributed by atoms with Crippen LogP contribution < -0.4 is 0 Å². The zero-order valence-electron chi connectivity index (χ0n) is 10.6. The van der Waals surface area contributed by atoms with E-state index >= 15 is 0 Å². The first-order valence-corrected chi connectivity index (χ1v) is 6.36. The Balaban J connectivity index is 2.06. The highest BCUT2D eigenvalue weighted by Crippen LogP contribution is 2.41. The summed E-state index contributed by atoms with van der Waals surface area (Å²) in [6, 6.07) is 4.10. The summed E-state index contributed by atoms with van der Waals surface area (Å²) in [4.78, 5) is 16.0. The van der Waals surface area contributed by atoms with Gasteiger partial charge in [-0.15, -0.1) is 0 Å². The van der Waals surface area contributed by atoms with E-state index in [1.807, 2.05) is 10.5 Å². The largest absolute Gasteiger partial charge is 0.461 e. The van der Waals surface area contributed by atoms with E-state index in [0.717, 1.165) is 5.65 Å². The zero-order valence-corrected chi connectivity index (χ0v) is 10.6. The van der Waals surface area contributed by atoms with Crippen molar-refractivity contribution in [3.05, 3.63) is 35.3 Å². The maximum absolute atomic E-state index is 11.7. The average Bonchev–Trinajstić information content (AvgIpc) is 3.08. The van der Waals surface area contributed by atoms with Crippen LogP contribution in [-0.2, 0) is 4.74 Å². The summed E-state index contributed by atoms with van der Waals surface area (Å²) >= 11 is 0. The summed E-state index contributed by atoms with van der Waals surface area (Å²) in [5, 5.41) is 0. The molecule has 2 aromatic rings. The van der Waals surface area contributed by atoms with Crippen molar-refractivity contribution in [3.8, 4) is 0 Å². The van der Waals surface area contributed by atoms with E-state index in [9.17, 15) is 4.79 Å². The Morgan fingerprint density at radius 1 is 1.50 bits per heavy atom. The number of esters is 1. The van der Waals surface area contributed by atoms with Crippen LogP contribution in [0.5, 0.6) is 0 Å². The van der Waals surface area contributed by atoms with E-state index in [0.29, 0.717) is 18.2 Å². The summed E-state index contributed by atoms with van der Waals surface area (Å²) in [6.07, 6.45) is 4.31. The van der Waals surface area contributed by atoms with E-state index in [1.54, 1.807) is 13.1 Å². The SMILES string of the molecule is CCOC(=O)c1cn2c(C)c(C3CC3)ccc2n1. The quantitative estimate of drug-likeness (QED) is 0.780. The van der Waals surface area contributed by atoms with Crippen molar-refractivity contribution in [2.45, 2.75) is 32.6 Å². The third-order valence-electron chi connectivity index (χ3n) is 3.43. The molecule has 0 atom stereocenters. The monoisotopic (exact) mass is 244 g/mol. The van der Waals surface area contributed by atoms with Gasteiger partial charge in [-0.2, -0.15) is 0 Å². The van der Waals surface area contributed by atoms with Crippen LogP contribution in [0.2, 0.25) is 0 Å². The molecule has 2 aromatic heterocycles. The number of carbonyl (C=O) groups is 1. The molecule has 0 N–H and O–H groups in total. The molecule has 0 amide bonds. The van der Waals surface area contributed by atoms with Crippen LogP contribution in [0.1, 0.15) is 47.4 Å². The van der Waals surface area contributed by atoms with E-state index in [-0.39, 0.29) is 5.97 Å². The van der Waals surface area contributed by atoms with Gasteiger partial charge in [0.2, 0.25) is 0 Å². The van der Waals surface area contributed by atoms with E-state index in [1.165, 1.54) is 24.1 Å². The second-order valence-electron chi connectivity index (χ2n) is 4.72. The minimum absolute atomic E-state index is 0.353. The molecule has 94 valence electrons. The maximum Gasteiger partial charge on any atom is 0.358 e. The summed E-state index contributed by atoms with van der Waals surface area (Å²) in [7, 11) is 0. The normalized spacial score (nSPS) is 15.0. The molecule has 4 heteroatoms. The Bertz CT molecular complexity index is 612. The van der Waals surface area contributed by atoms with Gasteiger partial charge < -0.3 is 9.14 Å². The topological polar surface area (TPSA) is 43.6 Å². The number of fused-ring (bicyclic) bond motifs is 1. The minimum atomic E-state index is -0.353. The number of hydrogen-bond acceptors (Lipinski definition) is 3. The Morgan fingerprint density at radius 2 is 2.28 bits per heavy atom. The Kier molecular flexibility index (Phi) is 2.58. The van der Waals surface area contributed by atoms with Gasteiger partial charge >= 0.3 is 5.97 Å². The lowest BCUT2D eigenvalue weighted by molar-refractivity contribution is 0.0520. The number of ether oxygens (including phenoxy) is 1. The molecule has 18 heavy (non-hydrogen) atoms. The maximum atomic E-state index is 11.7. The first kappa shape index (κ1) is 11.3. The number of aryl methyl sites for hydroxylation is 1. The molecule has 4 nitrogen and oxygen atoms in total. The van der Waals surface area contributed by atoms with Gasteiger partial charge in [0.25, 0.3) is 0 Å². The van der Waals surface area contributed by atoms with E-state index in [2.05, 4.69) is 18.0 Å². The summed E-state index contributed by atoms with van der Waals surface area (Å²) < 4.78 is 6.96. The molecule has 0 aromatic carbocycles. The molecule has 1 aliphatic rings. The van der Waals surface area contributed by atoms with Crippen molar-refractivity contribution in [1.29, 1.82) is 0 Å². The van der Waals surface area contributed by atoms with Crippen LogP contribution in [-0.4, -0.2) is 22.0 Å². The molecular weight excluding hydrogens is 228 g/mol. The van der Waals surface area contributed by atoms with Crippen LogP contribution in [0, 0.1) is 6.92 Å². The smallest absolute Gasteiger partial charge is 0.358 e. The number of pyridine rings is 1. The number of aromatic nitrogens is 2. The highest BCUT2D eigenvalue weighted by Gasteiger charge is 2.26. The summed E-state index contributed by atoms with van der Waals surface area (Å²) in [6.45, 7) is 4.25. The van der Waals surface area contributed by atoms with Crippen molar-refractivity contribution in [1.82, 2.24) is 9.38 Å². The van der Waals surface area contributed by atoms with Crippen molar-refractivity contribution in [2.24, 2.45) is 0 Å². The molecular formula is C14H16N2O2. The summed E-state index contributed by atoms with van der Waals surface area (Å²) in [5.41, 5.74) is 3.74. The fourth-order valence-corrected chi connectivity index (χ4v) is 2.33. The highest BCUT2D eigenvalue weighted by molar-refractivity contribution is 5.88. The fraction of sp³-hybridized carbons (Fsp3) is 0.429. The predicted molar refractivity (Wildman–Crippen MR) is 67.9 cm³/mol. The molecule has 1 fully saturated rings. The molecule has 1 aliphatic carbocycles. The standard InChI is InChI=1S/C14H16N2O2/c1-3-18-14(17)12-8-16-9(2)11(10-4-5-10)6-7-13(16)15-12/h6-8,10H,3-5H2,1-2H3.